The molecule has 1 heterocycles. The molecule has 16 heavy (non-hydrogen) atoms. The highest BCUT2D eigenvalue weighted by molar-refractivity contribution is 7.98. The molecule has 0 radical (unpaired) electrons. The largest absolute Gasteiger partial charge is 0.508 e. The molecule has 2 rings (SSSR count). The standard InChI is InChI=1S/C13H19NOS/c15-13-5-3-11(4-6-13)9-16-10-12-2-1-7-14-8-12/h3-6,12,14-15H,1-2,7-10H2. The van der Waals surface area contributed by atoms with E-state index < -0.39 is 0 Å². The van der Waals surface area contributed by atoms with Crippen LogP contribution in [0, 0.1) is 5.92 Å². The zero-order valence-electron chi connectivity index (χ0n) is 9.48. The lowest BCUT2D eigenvalue weighted by Crippen LogP contribution is -2.30. The Morgan fingerprint density at radius 3 is 2.81 bits per heavy atom. The average molecular weight is 237 g/mol. The van der Waals surface area contributed by atoms with Crippen LogP contribution in [0.5, 0.6) is 5.75 Å². The van der Waals surface area contributed by atoms with E-state index in [1.54, 1.807) is 12.1 Å². The van der Waals surface area contributed by atoms with Crippen LogP contribution in [0.15, 0.2) is 24.3 Å². The summed E-state index contributed by atoms with van der Waals surface area (Å²) in [5.74, 6) is 3.49. The normalized spacial score (nSPS) is 20.9. The molecule has 88 valence electrons. The Kier molecular flexibility index (Phi) is 4.55. The van der Waals surface area contributed by atoms with E-state index in [0.29, 0.717) is 5.75 Å². The minimum Gasteiger partial charge on any atom is -0.508 e. The summed E-state index contributed by atoms with van der Waals surface area (Å²) in [6.45, 7) is 2.38. The van der Waals surface area contributed by atoms with Crippen LogP contribution in [0.1, 0.15) is 18.4 Å². The molecule has 1 aliphatic heterocycles. The summed E-state index contributed by atoms with van der Waals surface area (Å²) in [6, 6.07) is 7.53. The number of phenols is 1. The van der Waals surface area contributed by atoms with Crippen LogP contribution < -0.4 is 5.32 Å². The van der Waals surface area contributed by atoms with E-state index in [0.717, 1.165) is 11.7 Å². The van der Waals surface area contributed by atoms with Crippen LogP contribution in [0.4, 0.5) is 0 Å². The van der Waals surface area contributed by atoms with Crippen molar-refractivity contribution in [2.75, 3.05) is 18.8 Å². The Balaban J connectivity index is 1.69. The van der Waals surface area contributed by atoms with Crippen molar-refractivity contribution in [3.63, 3.8) is 0 Å². The molecule has 1 aromatic carbocycles. The smallest absolute Gasteiger partial charge is 0.115 e. The van der Waals surface area contributed by atoms with E-state index in [1.807, 2.05) is 23.9 Å². The predicted molar refractivity (Wildman–Crippen MR) is 69.9 cm³/mol. The van der Waals surface area contributed by atoms with Crippen LogP contribution >= 0.6 is 11.8 Å². The zero-order chi connectivity index (χ0) is 11.2. The molecule has 0 bridgehead atoms. The molecular formula is C13H19NOS. The zero-order valence-corrected chi connectivity index (χ0v) is 10.3. The first-order valence-corrected chi connectivity index (χ1v) is 7.06. The highest BCUT2D eigenvalue weighted by Crippen LogP contribution is 2.20. The van der Waals surface area contributed by atoms with Crippen LogP contribution in [-0.4, -0.2) is 23.9 Å². The number of hydrogen-bond acceptors (Lipinski definition) is 3. The lowest BCUT2D eigenvalue weighted by molar-refractivity contribution is 0.410. The maximum absolute atomic E-state index is 9.17. The Bertz CT molecular complexity index is 306. The van der Waals surface area contributed by atoms with Gasteiger partial charge in [-0.15, -0.1) is 0 Å². The van der Waals surface area contributed by atoms with Gasteiger partial charge in [-0.05, 0) is 55.3 Å². The summed E-state index contributed by atoms with van der Waals surface area (Å²) >= 11 is 2.00. The highest BCUT2D eigenvalue weighted by atomic mass is 32.2. The summed E-state index contributed by atoms with van der Waals surface area (Å²) in [5.41, 5.74) is 1.30. The van der Waals surface area contributed by atoms with Gasteiger partial charge in [-0.2, -0.15) is 11.8 Å². The molecule has 2 nitrogen and oxygen atoms in total. The van der Waals surface area contributed by atoms with Crippen molar-refractivity contribution in [2.24, 2.45) is 5.92 Å². The Morgan fingerprint density at radius 1 is 1.31 bits per heavy atom. The van der Waals surface area contributed by atoms with E-state index in [9.17, 15) is 5.11 Å². The number of benzene rings is 1. The van der Waals surface area contributed by atoms with E-state index in [1.165, 1.54) is 37.2 Å². The molecule has 1 atom stereocenters. The molecule has 1 aliphatic rings. The first-order chi connectivity index (χ1) is 7.84. The van der Waals surface area contributed by atoms with Gasteiger partial charge in [0.25, 0.3) is 0 Å². The second-order valence-corrected chi connectivity index (χ2v) is 5.42. The molecular weight excluding hydrogens is 218 g/mol. The van der Waals surface area contributed by atoms with Gasteiger partial charge in [-0.1, -0.05) is 12.1 Å². The second-order valence-electron chi connectivity index (χ2n) is 4.39. The summed E-state index contributed by atoms with van der Waals surface area (Å²) < 4.78 is 0. The van der Waals surface area contributed by atoms with E-state index in [4.69, 9.17) is 0 Å². The number of thioether (sulfide) groups is 1. The maximum atomic E-state index is 9.17. The van der Waals surface area contributed by atoms with Crippen LogP contribution in [0.25, 0.3) is 0 Å². The van der Waals surface area contributed by atoms with Crippen molar-refractivity contribution in [1.82, 2.24) is 5.32 Å². The van der Waals surface area contributed by atoms with Gasteiger partial charge in [-0.25, -0.2) is 0 Å². The van der Waals surface area contributed by atoms with Gasteiger partial charge in [0, 0.05) is 5.75 Å². The van der Waals surface area contributed by atoms with Crippen LogP contribution in [0.2, 0.25) is 0 Å². The molecule has 1 unspecified atom stereocenters. The Morgan fingerprint density at radius 2 is 2.12 bits per heavy atom. The number of phenolic OH excluding ortho intramolecular Hbond substituents is 1. The first kappa shape index (κ1) is 11.8. The quantitative estimate of drug-likeness (QED) is 0.844. The van der Waals surface area contributed by atoms with Crippen molar-refractivity contribution in [3.05, 3.63) is 29.8 Å². The van der Waals surface area contributed by atoms with Crippen LogP contribution in [-0.2, 0) is 5.75 Å². The molecule has 0 spiro atoms. The van der Waals surface area contributed by atoms with Gasteiger partial charge in [0.05, 0.1) is 0 Å². The second kappa shape index (κ2) is 6.16. The van der Waals surface area contributed by atoms with Gasteiger partial charge in [0.1, 0.15) is 5.75 Å². The molecule has 0 aromatic heterocycles. The van der Waals surface area contributed by atoms with Gasteiger partial charge in [0.15, 0.2) is 0 Å². The van der Waals surface area contributed by atoms with Gasteiger partial charge in [-0.3, -0.25) is 0 Å². The molecule has 0 saturated carbocycles. The van der Waals surface area contributed by atoms with Gasteiger partial charge >= 0.3 is 0 Å². The first-order valence-electron chi connectivity index (χ1n) is 5.91. The number of aromatic hydroxyl groups is 1. The molecule has 2 N–H and O–H groups in total. The molecule has 0 amide bonds. The lowest BCUT2D eigenvalue weighted by Gasteiger charge is -2.22. The maximum Gasteiger partial charge on any atom is 0.115 e. The van der Waals surface area contributed by atoms with Crippen molar-refractivity contribution in [3.8, 4) is 5.75 Å². The monoisotopic (exact) mass is 237 g/mol. The van der Waals surface area contributed by atoms with Gasteiger partial charge in [0.2, 0.25) is 0 Å². The third-order valence-electron chi connectivity index (χ3n) is 2.96. The number of piperidine rings is 1. The van der Waals surface area contributed by atoms with E-state index in [2.05, 4.69) is 5.32 Å². The fourth-order valence-electron chi connectivity index (χ4n) is 2.00. The summed E-state index contributed by atoms with van der Waals surface area (Å²) in [5, 5.41) is 12.6. The fraction of sp³-hybridized carbons (Fsp3) is 0.538. The minimum absolute atomic E-state index is 0.352. The Hall–Kier alpha value is -0.670. The third-order valence-corrected chi connectivity index (χ3v) is 4.20. The summed E-state index contributed by atoms with van der Waals surface area (Å²) in [6.07, 6.45) is 2.69. The lowest BCUT2D eigenvalue weighted by atomic mass is 10.0. The fourth-order valence-corrected chi connectivity index (χ4v) is 3.17. The summed E-state index contributed by atoms with van der Waals surface area (Å²) in [4.78, 5) is 0. The van der Waals surface area contributed by atoms with Crippen LogP contribution in [0.3, 0.4) is 0 Å². The van der Waals surface area contributed by atoms with Crippen molar-refractivity contribution < 1.29 is 5.11 Å². The average Bonchev–Trinajstić information content (AvgIpc) is 2.33. The topological polar surface area (TPSA) is 32.3 Å². The third kappa shape index (κ3) is 3.72. The molecule has 3 heteroatoms. The Labute approximate surface area is 101 Å². The minimum atomic E-state index is 0.352. The molecule has 1 fully saturated rings. The summed E-state index contributed by atoms with van der Waals surface area (Å²) in [7, 11) is 0. The number of nitrogens with one attached hydrogen (secondary N) is 1. The van der Waals surface area contributed by atoms with Gasteiger partial charge < -0.3 is 10.4 Å². The molecule has 0 aliphatic carbocycles. The SMILES string of the molecule is Oc1ccc(CSCC2CCCNC2)cc1. The molecule has 1 aromatic rings. The van der Waals surface area contributed by atoms with Crippen molar-refractivity contribution in [2.45, 2.75) is 18.6 Å². The molecule has 1 saturated heterocycles. The van der Waals surface area contributed by atoms with E-state index >= 15 is 0 Å². The van der Waals surface area contributed by atoms with Crippen molar-refractivity contribution in [1.29, 1.82) is 0 Å². The highest BCUT2D eigenvalue weighted by Gasteiger charge is 2.12. The van der Waals surface area contributed by atoms with E-state index in [-0.39, 0.29) is 0 Å². The predicted octanol–water partition coefficient (Wildman–Crippen LogP) is 2.62. The van der Waals surface area contributed by atoms with Crippen molar-refractivity contribution >= 4 is 11.8 Å². The number of hydrogen-bond donors (Lipinski definition) is 2. The number of rotatable bonds is 4.